The van der Waals surface area contributed by atoms with E-state index in [1.54, 1.807) is 0 Å². The maximum atomic E-state index is 10.4. The fourth-order valence-electron chi connectivity index (χ4n) is 2.00. The van der Waals surface area contributed by atoms with Gasteiger partial charge in [0.15, 0.2) is 0 Å². The number of hydrogen-bond donors (Lipinski definition) is 2. The van der Waals surface area contributed by atoms with Crippen molar-refractivity contribution in [1.82, 2.24) is 9.97 Å². The fourth-order valence-corrected chi connectivity index (χ4v) is 2.00. The van der Waals surface area contributed by atoms with Gasteiger partial charge in [0.25, 0.3) is 0 Å². The Kier molecular flexibility index (Phi) is 2.50. The third-order valence-electron chi connectivity index (χ3n) is 3.31. The van der Waals surface area contributed by atoms with Crippen molar-refractivity contribution >= 4 is 5.97 Å². The van der Waals surface area contributed by atoms with Gasteiger partial charge in [0.05, 0.1) is 6.42 Å². The number of carboxylic acid groups (broad SMARTS) is 1. The number of aliphatic carboxylic acids is 1. The number of nitrogens with zero attached hydrogens (tertiary/aromatic N) is 1. The number of H-pyrrole nitrogens is 1. The standard InChI is InChI=1S/C11H16N2O2/c1-11(5-2-6-11)8-7-12-9(13-8)3-4-10(14)15/h7H,2-6H2,1H3,(H,12,13)(H,14,15). The van der Waals surface area contributed by atoms with E-state index in [2.05, 4.69) is 16.9 Å². The monoisotopic (exact) mass is 208 g/mol. The summed E-state index contributed by atoms with van der Waals surface area (Å²) >= 11 is 0. The first-order valence-electron chi connectivity index (χ1n) is 5.36. The maximum absolute atomic E-state index is 10.4. The van der Waals surface area contributed by atoms with Crippen LogP contribution in [-0.2, 0) is 16.6 Å². The van der Waals surface area contributed by atoms with Crippen LogP contribution in [-0.4, -0.2) is 21.0 Å². The number of hydrogen-bond acceptors (Lipinski definition) is 2. The van der Waals surface area contributed by atoms with E-state index in [0.717, 1.165) is 11.5 Å². The molecule has 0 unspecified atom stereocenters. The lowest BCUT2D eigenvalue weighted by molar-refractivity contribution is -0.137. The Morgan fingerprint density at radius 1 is 1.67 bits per heavy atom. The second-order valence-corrected chi connectivity index (χ2v) is 4.55. The molecular formula is C11H16N2O2. The number of aryl methyl sites for hydroxylation is 1. The first-order chi connectivity index (χ1) is 7.10. The number of aromatic amines is 1. The summed E-state index contributed by atoms with van der Waals surface area (Å²) in [6, 6.07) is 0. The Bertz CT molecular complexity index is 366. The Hall–Kier alpha value is -1.32. The first kappa shape index (κ1) is 10.2. The zero-order valence-corrected chi connectivity index (χ0v) is 8.92. The van der Waals surface area contributed by atoms with Crippen LogP contribution in [0.5, 0.6) is 0 Å². The molecule has 1 aliphatic carbocycles. The van der Waals surface area contributed by atoms with Crippen LogP contribution in [0.15, 0.2) is 6.20 Å². The lowest BCUT2D eigenvalue weighted by Gasteiger charge is -2.37. The van der Waals surface area contributed by atoms with Crippen molar-refractivity contribution in [3.05, 3.63) is 17.7 Å². The summed E-state index contributed by atoms with van der Waals surface area (Å²) in [6.07, 6.45) is 6.17. The summed E-state index contributed by atoms with van der Waals surface area (Å²) in [5, 5.41) is 8.56. The molecule has 0 amide bonds. The van der Waals surface area contributed by atoms with E-state index in [1.165, 1.54) is 19.3 Å². The van der Waals surface area contributed by atoms with Gasteiger partial charge in [-0.05, 0) is 12.8 Å². The van der Waals surface area contributed by atoms with Gasteiger partial charge in [-0.15, -0.1) is 0 Å². The SMILES string of the molecule is CC1(c2cnc(CCC(=O)O)[nH]2)CCC1. The van der Waals surface area contributed by atoms with Crippen LogP contribution in [0, 0.1) is 0 Å². The van der Waals surface area contributed by atoms with E-state index >= 15 is 0 Å². The van der Waals surface area contributed by atoms with Crippen LogP contribution in [0.1, 0.15) is 44.1 Å². The number of carboxylic acids is 1. The van der Waals surface area contributed by atoms with E-state index in [0.29, 0.717) is 6.42 Å². The number of nitrogens with one attached hydrogen (secondary N) is 1. The van der Waals surface area contributed by atoms with E-state index in [-0.39, 0.29) is 11.8 Å². The molecule has 0 aliphatic heterocycles. The first-order valence-corrected chi connectivity index (χ1v) is 5.36. The molecule has 82 valence electrons. The number of imidazole rings is 1. The molecule has 0 radical (unpaired) electrons. The van der Waals surface area contributed by atoms with E-state index in [1.807, 2.05) is 6.20 Å². The highest BCUT2D eigenvalue weighted by atomic mass is 16.4. The van der Waals surface area contributed by atoms with Crippen molar-refractivity contribution in [2.45, 2.75) is 44.4 Å². The molecule has 1 heterocycles. The van der Waals surface area contributed by atoms with Gasteiger partial charge in [-0.1, -0.05) is 13.3 Å². The van der Waals surface area contributed by atoms with E-state index in [9.17, 15) is 4.79 Å². The Labute approximate surface area is 88.7 Å². The van der Waals surface area contributed by atoms with E-state index in [4.69, 9.17) is 5.11 Å². The van der Waals surface area contributed by atoms with Crippen LogP contribution in [0.2, 0.25) is 0 Å². The summed E-state index contributed by atoms with van der Waals surface area (Å²) in [4.78, 5) is 17.9. The van der Waals surface area contributed by atoms with Crippen LogP contribution in [0.25, 0.3) is 0 Å². The average Bonchev–Trinajstić information content (AvgIpc) is 2.59. The molecule has 0 saturated heterocycles. The van der Waals surface area contributed by atoms with Crippen molar-refractivity contribution in [3.63, 3.8) is 0 Å². The van der Waals surface area contributed by atoms with Crippen LogP contribution >= 0.6 is 0 Å². The Morgan fingerprint density at radius 3 is 2.93 bits per heavy atom. The molecule has 0 atom stereocenters. The highest BCUT2D eigenvalue weighted by molar-refractivity contribution is 5.66. The van der Waals surface area contributed by atoms with Crippen LogP contribution in [0.4, 0.5) is 0 Å². The van der Waals surface area contributed by atoms with Gasteiger partial charge in [0.1, 0.15) is 5.82 Å². The molecule has 1 fully saturated rings. The molecule has 15 heavy (non-hydrogen) atoms. The van der Waals surface area contributed by atoms with Crippen molar-refractivity contribution in [2.75, 3.05) is 0 Å². The number of aromatic nitrogens is 2. The van der Waals surface area contributed by atoms with Gasteiger partial charge in [-0.25, -0.2) is 4.98 Å². The lowest BCUT2D eigenvalue weighted by Crippen LogP contribution is -2.30. The largest absolute Gasteiger partial charge is 0.481 e. The molecule has 1 aliphatic rings. The smallest absolute Gasteiger partial charge is 0.303 e. The molecule has 1 aromatic rings. The van der Waals surface area contributed by atoms with Crippen LogP contribution in [0.3, 0.4) is 0 Å². The molecule has 4 nitrogen and oxygen atoms in total. The zero-order chi connectivity index (χ0) is 10.9. The zero-order valence-electron chi connectivity index (χ0n) is 8.92. The summed E-state index contributed by atoms with van der Waals surface area (Å²) in [6.45, 7) is 2.23. The minimum atomic E-state index is -0.775. The minimum Gasteiger partial charge on any atom is -0.481 e. The van der Waals surface area contributed by atoms with Crippen molar-refractivity contribution < 1.29 is 9.90 Å². The van der Waals surface area contributed by atoms with Gasteiger partial charge < -0.3 is 10.1 Å². The second kappa shape index (κ2) is 3.68. The van der Waals surface area contributed by atoms with Crippen molar-refractivity contribution in [3.8, 4) is 0 Å². The highest BCUT2D eigenvalue weighted by Gasteiger charge is 2.35. The summed E-state index contributed by atoms with van der Waals surface area (Å²) < 4.78 is 0. The molecule has 4 heteroatoms. The minimum absolute atomic E-state index is 0.143. The Morgan fingerprint density at radius 2 is 2.40 bits per heavy atom. The molecule has 1 saturated carbocycles. The maximum Gasteiger partial charge on any atom is 0.303 e. The second-order valence-electron chi connectivity index (χ2n) is 4.55. The molecule has 2 rings (SSSR count). The topological polar surface area (TPSA) is 66.0 Å². The van der Waals surface area contributed by atoms with Gasteiger partial charge in [0.2, 0.25) is 0 Å². The number of carbonyl (C=O) groups is 1. The predicted molar refractivity (Wildman–Crippen MR) is 55.7 cm³/mol. The van der Waals surface area contributed by atoms with Gasteiger partial charge in [-0.2, -0.15) is 0 Å². The molecule has 0 bridgehead atoms. The van der Waals surface area contributed by atoms with E-state index < -0.39 is 5.97 Å². The van der Waals surface area contributed by atoms with Gasteiger partial charge in [-0.3, -0.25) is 4.79 Å². The van der Waals surface area contributed by atoms with Gasteiger partial charge in [0, 0.05) is 23.7 Å². The summed E-state index contributed by atoms with van der Waals surface area (Å²) in [5.74, 6) is 0.0170. The molecule has 0 spiro atoms. The predicted octanol–water partition coefficient (Wildman–Crippen LogP) is 1.87. The normalized spacial score (nSPS) is 18.5. The Balaban J connectivity index is 2.00. The molecule has 1 aromatic heterocycles. The molecular weight excluding hydrogens is 192 g/mol. The summed E-state index contributed by atoms with van der Waals surface area (Å²) in [7, 11) is 0. The van der Waals surface area contributed by atoms with Crippen LogP contribution < -0.4 is 0 Å². The average molecular weight is 208 g/mol. The third-order valence-corrected chi connectivity index (χ3v) is 3.31. The summed E-state index contributed by atoms with van der Waals surface area (Å²) in [5.41, 5.74) is 1.42. The molecule has 0 aromatic carbocycles. The van der Waals surface area contributed by atoms with Crippen molar-refractivity contribution in [2.24, 2.45) is 0 Å². The fraction of sp³-hybridized carbons (Fsp3) is 0.636. The molecule has 2 N–H and O–H groups in total. The van der Waals surface area contributed by atoms with Gasteiger partial charge >= 0.3 is 5.97 Å². The quantitative estimate of drug-likeness (QED) is 0.793. The lowest BCUT2D eigenvalue weighted by atomic mass is 9.68. The number of rotatable bonds is 4. The highest BCUT2D eigenvalue weighted by Crippen LogP contribution is 2.42. The third kappa shape index (κ3) is 2.03. The van der Waals surface area contributed by atoms with Crippen molar-refractivity contribution in [1.29, 1.82) is 0 Å².